The number of hydrogen-bond acceptors (Lipinski definition) is 5. The van der Waals surface area contributed by atoms with Crippen molar-refractivity contribution in [1.82, 2.24) is 15.1 Å². The molecule has 1 aromatic rings. The molecule has 0 aliphatic rings. The van der Waals surface area contributed by atoms with Crippen molar-refractivity contribution in [3.05, 3.63) is 22.5 Å². The number of carbonyl (C=O) groups excluding carboxylic acids is 1. The third-order valence-electron chi connectivity index (χ3n) is 2.32. The molecule has 0 aliphatic heterocycles. The fourth-order valence-electron chi connectivity index (χ4n) is 1.31. The lowest BCUT2D eigenvalue weighted by molar-refractivity contribution is -0.385. The first kappa shape index (κ1) is 17.3. The number of nitrogens with two attached hydrogens (primary N) is 1. The lowest BCUT2D eigenvalue weighted by Crippen LogP contribution is -2.29. The Morgan fingerprint density at radius 3 is 2.89 bits per heavy atom. The van der Waals surface area contributed by atoms with Gasteiger partial charge in [0.25, 0.3) is 0 Å². The molecule has 3 N–H and O–H groups in total. The smallest absolute Gasteiger partial charge is 0.306 e. The quantitative estimate of drug-likeness (QED) is 0.559. The standard InChI is InChI=1S/C10H17N5O3.ClH/c1-8(11)2-4-12-10(16)3-5-14-7-9(6-13-14)15(17)18;/h6-8H,2-5,11H2,1H3,(H,12,16);1H. The molecule has 1 heterocycles. The van der Waals surface area contributed by atoms with Gasteiger partial charge in [-0.25, -0.2) is 0 Å². The Kier molecular flexibility index (Phi) is 7.69. The maximum absolute atomic E-state index is 11.4. The van der Waals surface area contributed by atoms with E-state index in [0.717, 1.165) is 12.6 Å². The van der Waals surface area contributed by atoms with Crippen LogP contribution >= 0.6 is 12.4 Å². The van der Waals surface area contributed by atoms with E-state index < -0.39 is 4.92 Å². The van der Waals surface area contributed by atoms with Crippen LogP contribution in [0.2, 0.25) is 0 Å². The van der Waals surface area contributed by atoms with Gasteiger partial charge in [-0.2, -0.15) is 5.10 Å². The van der Waals surface area contributed by atoms with E-state index in [1.165, 1.54) is 10.9 Å². The zero-order valence-corrected chi connectivity index (χ0v) is 11.4. The number of aromatic nitrogens is 2. The van der Waals surface area contributed by atoms with Gasteiger partial charge in [-0.15, -0.1) is 12.4 Å². The van der Waals surface area contributed by atoms with E-state index in [2.05, 4.69) is 10.4 Å². The first-order valence-electron chi connectivity index (χ1n) is 5.68. The highest BCUT2D eigenvalue weighted by molar-refractivity contribution is 5.85. The van der Waals surface area contributed by atoms with Crippen molar-refractivity contribution in [2.24, 2.45) is 5.73 Å². The summed E-state index contributed by atoms with van der Waals surface area (Å²) in [4.78, 5) is 21.3. The third-order valence-corrected chi connectivity index (χ3v) is 2.32. The van der Waals surface area contributed by atoms with Gasteiger partial charge in [0, 0.05) is 25.6 Å². The van der Waals surface area contributed by atoms with Crippen LogP contribution in [0.1, 0.15) is 19.8 Å². The van der Waals surface area contributed by atoms with Crippen LogP contribution in [0, 0.1) is 10.1 Å². The summed E-state index contributed by atoms with van der Waals surface area (Å²) in [6.45, 7) is 2.72. The van der Waals surface area contributed by atoms with Gasteiger partial charge >= 0.3 is 5.69 Å². The fraction of sp³-hybridized carbons (Fsp3) is 0.600. The van der Waals surface area contributed by atoms with Gasteiger partial charge in [0.15, 0.2) is 0 Å². The molecule has 1 rings (SSSR count). The Hall–Kier alpha value is -1.67. The second-order valence-corrected chi connectivity index (χ2v) is 4.08. The van der Waals surface area contributed by atoms with Gasteiger partial charge in [0.05, 0.1) is 4.92 Å². The van der Waals surface area contributed by atoms with E-state index in [-0.39, 0.29) is 36.5 Å². The number of amides is 1. The maximum Gasteiger partial charge on any atom is 0.306 e. The largest absolute Gasteiger partial charge is 0.356 e. The summed E-state index contributed by atoms with van der Waals surface area (Å²) >= 11 is 0. The summed E-state index contributed by atoms with van der Waals surface area (Å²) in [7, 11) is 0. The third kappa shape index (κ3) is 6.73. The SMILES string of the molecule is CC(N)CCNC(=O)CCn1cc([N+](=O)[O-])cn1.Cl. The number of aryl methyl sites for hydroxylation is 1. The molecule has 1 amide bonds. The van der Waals surface area contributed by atoms with E-state index in [0.29, 0.717) is 13.1 Å². The van der Waals surface area contributed by atoms with E-state index >= 15 is 0 Å². The molecule has 19 heavy (non-hydrogen) atoms. The Labute approximate surface area is 116 Å². The number of rotatable bonds is 7. The number of halogens is 1. The van der Waals surface area contributed by atoms with Crippen molar-refractivity contribution < 1.29 is 9.72 Å². The zero-order chi connectivity index (χ0) is 13.5. The van der Waals surface area contributed by atoms with Crippen molar-refractivity contribution in [3.8, 4) is 0 Å². The molecule has 108 valence electrons. The zero-order valence-electron chi connectivity index (χ0n) is 10.6. The van der Waals surface area contributed by atoms with Crippen LogP contribution in [-0.4, -0.2) is 33.2 Å². The summed E-state index contributed by atoms with van der Waals surface area (Å²) in [5.41, 5.74) is 5.47. The van der Waals surface area contributed by atoms with Crippen LogP contribution in [0.25, 0.3) is 0 Å². The van der Waals surface area contributed by atoms with Gasteiger partial charge in [-0.05, 0) is 13.3 Å². The molecule has 0 fully saturated rings. The first-order chi connectivity index (χ1) is 8.49. The number of hydrogen-bond donors (Lipinski definition) is 2. The number of nitrogens with one attached hydrogen (secondary N) is 1. The second kappa shape index (κ2) is 8.44. The van der Waals surface area contributed by atoms with Crippen molar-refractivity contribution in [2.45, 2.75) is 32.4 Å². The number of carbonyl (C=O) groups is 1. The highest BCUT2D eigenvalue weighted by atomic mass is 35.5. The second-order valence-electron chi connectivity index (χ2n) is 4.08. The number of nitro groups is 1. The number of nitrogens with zero attached hydrogens (tertiary/aromatic N) is 3. The summed E-state index contributed by atoms with van der Waals surface area (Å²) in [6.07, 6.45) is 3.42. The molecule has 0 bridgehead atoms. The van der Waals surface area contributed by atoms with Crippen LogP contribution in [0.4, 0.5) is 5.69 Å². The van der Waals surface area contributed by atoms with Crippen LogP contribution in [-0.2, 0) is 11.3 Å². The predicted molar refractivity (Wildman–Crippen MR) is 72.0 cm³/mol. The lowest BCUT2D eigenvalue weighted by atomic mass is 10.2. The van der Waals surface area contributed by atoms with Gasteiger partial charge < -0.3 is 11.1 Å². The van der Waals surface area contributed by atoms with Gasteiger partial charge in [0.1, 0.15) is 12.4 Å². The molecule has 1 aromatic heterocycles. The Balaban J connectivity index is 0.00000324. The van der Waals surface area contributed by atoms with E-state index in [4.69, 9.17) is 5.73 Å². The molecule has 0 aromatic carbocycles. The minimum Gasteiger partial charge on any atom is -0.356 e. The molecule has 0 aliphatic carbocycles. The molecule has 1 atom stereocenters. The van der Waals surface area contributed by atoms with E-state index in [9.17, 15) is 14.9 Å². The maximum atomic E-state index is 11.4. The Morgan fingerprint density at radius 1 is 1.68 bits per heavy atom. The topological polar surface area (TPSA) is 116 Å². The molecular formula is C10H18ClN5O3. The summed E-state index contributed by atoms with van der Waals surface area (Å²) in [5.74, 6) is -0.117. The summed E-state index contributed by atoms with van der Waals surface area (Å²) < 4.78 is 1.38. The molecule has 0 spiro atoms. The van der Waals surface area contributed by atoms with Gasteiger partial charge in [-0.1, -0.05) is 0 Å². The van der Waals surface area contributed by atoms with Crippen molar-refractivity contribution in [2.75, 3.05) is 6.54 Å². The average Bonchev–Trinajstić information content (AvgIpc) is 2.74. The molecular weight excluding hydrogens is 274 g/mol. The average molecular weight is 292 g/mol. The minimum absolute atomic E-state index is 0. The molecule has 1 unspecified atom stereocenters. The molecule has 0 saturated heterocycles. The molecule has 8 nitrogen and oxygen atoms in total. The van der Waals surface area contributed by atoms with E-state index in [1.807, 2.05) is 6.92 Å². The molecule has 0 saturated carbocycles. The van der Waals surface area contributed by atoms with Gasteiger partial charge in [0.2, 0.25) is 5.91 Å². The summed E-state index contributed by atoms with van der Waals surface area (Å²) in [5, 5.41) is 16.9. The van der Waals surface area contributed by atoms with Crippen LogP contribution in [0.5, 0.6) is 0 Å². The van der Waals surface area contributed by atoms with E-state index in [1.54, 1.807) is 0 Å². The monoisotopic (exact) mass is 291 g/mol. The minimum atomic E-state index is -0.522. The predicted octanol–water partition coefficient (Wildman–Crippen LogP) is 0.457. The van der Waals surface area contributed by atoms with Crippen molar-refractivity contribution in [1.29, 1.82) is 0 Å². The van der Waals surface area contributed by atoms with Crippen LogP contribution < -0.4 is 11.1 Å². The fourth-order valence-corrected chi connectivity index (χ4v) is 1.31. The Morgan fingerprint density at radius 2 is 2.37 bits per heavy atom. The van der Waals surface area contributed by atoms with Crippen LogP contribution in [0.15, 0.2) is 12.4 Å². The highest BCUT2D eigenvalue weighted by Gasteiger charge is 2.09. The van der Waals surface area contributed by atoms with Crippen molar-refractivity contribution in [3.63, 3.8) is 0 Å². The van der Waals surface area contributed by atoms with Crippen LogP contribution in [0.3, 0.4) is 0 Å². The molecule has 0 radical (unpaired) electrons. The van der Waals surface area contributed by atoms with Gasteiger partial charge in [-0.3, -0.25) is 19.6 Å². The summed E-state index contributed by atoms with van der Waals surface area (Å²) in [6, 6.07) is 0.0547. The highest BCUT2D eigenvalue weighted by Crippen LogP contribution is 2.07. The Bertz CT molecular complexity index is 421. The first-order valence-corrected chi connectivity index (χ1v) is 5.68. The lowest BCUT2D eigenvalue weighted by Gasteiger charge is -2.07. The van der Waals surface area contributed by atoms with Crippen molar-refractivity contribution >= 4 is 24.0 Å². The molecule has 9 heteroatoms. The normalized spacial score (nSPS) is 11.5.